The zero-order chi connectivity index (χ0) is 11.8. The maximum absolute atomic E-state index is 5.96. The second-order valence-corrected chi connectivity index (χ2v) is 6.51. The van der Waals surface area contributed by atoms with Crippen molar-refractivity contribution < 1.29 is 4.74 Å². The van der Waals surface area contributed by atoms with E-state index in [1.54, 1.807) is 0 Å². The molecule has 3 fully saturated rings. The Balaban J connectivity index is 1.55. The summed E-state index contributed by atoms with van der Waals surface area (Å²) in [6.45, 7) is 2.17. The standard InChI is InChI=1S/C14H26N2O/c1-9-2-5-14(17-9)13(16-15)8-12-7-10-3-4-11(12)6-10/h9-14,16H,2-8,15H2,1H3. The number of hydrogen-bond acceptors (Lipinski definition) is 3. The van der Waals surface area contributed by atoms with Gasteiger partial charge in [0, 0.05) is 6.04 Å². The van der Waals surface area contributed by atoms with Crippen LogP contribution in [0.5, 0.6) is 0 Å². The average Bonchev–Trinajstić information content (AvgIpc) is 3.01. The van der Waals surface area contributed by atoms with E-state index in [-0.39, 0.29) is 0 Å². The van der Waals surface area contributed by atoms with E-state index >= 15 is 0 Å². The van der Waals surface area contributed by atoms with Crippen LogP contribution in [-0.2, 0) is 4.74 Å². The Hall–Kier alpha value is -0.120. The zero-order valence-corrected chi connectivity index (χ0v) is 10.9. The van der Waals surface area contributed by atoms with Crippen LogP contribution in [0.25, 0.3) is 0 Å². The van der Waals surface area contributed by atoms with Gasteiger partial charge >= 0.3 is 0 Å². The van der Waals surface area contributed by atoms with Gasteiger partial charge in [0.25, 0.3) is 0 Å². The van der Waals surface area contributed by atoms with E-state index in [0.29, 0.717) is 18.2 Å². The van der Waals surface area contributed by atoms with Crippen LogP contribution in [0.4, 0.5) is 0 Å². The highest BCUT2D eigenvalue weighted by Crippen LogP contribution is 2.50. The molecule has 98 valence electrons. The van der Waals surface area contributed by atoms with Gasteiger partial charge in [-0.25, -0.2) is 0 Å². The fraction of sp³-hybridized carbons (Fsp3) is 1.00. The summed E-state index contributed by atoms with van der Waals surface area (Å²) in [6, 6.07) is 0.379. The number of fused-ring (bicyclic) bond motifs is 2. The first-order valence-corrected chi connectivity index (χ1v) is 7.38. The molecule has 6 unspecified atom stereocenters. The number of nitrogens with two attached hydrogens (primary N) is 1. The minimum Gasteiger partial charge on any atom is -0.374 e. The molecule has 2 aliphatic carbocycles. The van der Waals surface area contributed by atoms with Crippen LogP contribution in [0.15, 0.2) is 0 Å². The van der Waals surface area contributed by atoms with E-state index in [2.05, 4.69) is 12.3 Å². The first-order valence-electron chi connectivity index (χ1n) is 7.38. The smallest absolute Gasteiger partial charge is 0.0746 e. The summed E-state index contributed by atoms with van der Waals surface area (Å²) < 4.78 is 5.96. The minimum absolute atomic E-state index is 0.356. The molecule has 3 N–H and O–H groups in total. The van der Waals surface area contributed by atoms with Crippen LogP contribution in [0.3, 0.4) is 0 Å². The van der Waals surface area contributed by atoms with Crippen LogP contribution in [0.2, 0.25) is 0 Å². The fourth-order valence-electron chi connectivity index (χ4n) is 4.45. The van der Waals surface area contributed by atoms with Crippen molar-refractivity contribution >= 4 is 0 Å². The molecule has 0 radical (unpaired) electrons. The lowest BCUT2D eigenvalue weighted by Crippen LogP contribution is -2.45. The number of hydrazine groups is 1. The average molecular weight is 238 g/mol. The summed E-state index contributed by atoms with van der Waals surface area (Å²) >= 11 is 0. The lowest BCUT2D eigenvalue weighted by atomic mass is 9.83. The van der Waals surface area contributed by atoms with Crippen LogP contribution in [0.1, 0.15) is 51.9 Å². The van der Waals surface area contributed by atoms with Gasteiger partial charge in [-0.05, 0) is 63.2 Å². The van der Waals surface area contributed by atoms with Crippen molar-refractivity contribution in [3.63, 3.8) is 0 Å². The highest BCUT2D eigenvalue weighted by Gasteiger charge is 2.41. The highest BCUT2D eigenvalue weighted by atomic mass is 16.5. The van der Waals surface area contributed by atoms with Crippen molar-refractivity contribution in [2.45, 2.75) is 70.1 Å². The second-order valence-electron chi connectivity index (χ2n) is 6.51. The molecule has 1 heterocycles. The van der Waals surface area contributed by atoms with Crippen molar-refractivity contribution in [3.8, 4) is 0 Å². The summed E-state index contributed by atoms with van der Waals surface area (Å²) in [4.78, 5) is 0. The van der Waals surface area contributed by atoms with Gasteiger partial charge in [-0.2, -0.15) is 0 Å². The lowest BCUT2D eigenvalue weighted by molar-refractivity contribution is 0.0238. The molecule has 3 nitrogen and oxygen atoms in total. The molecule has 3 heteroatoms. The van der Waals surface area contributed by atoms with E-state index in [1.165, 1.54) is 44.9 Å². The Bertz CT molecular complexity index is 271. The molecule has 6 atom stereocenters. The first-order chi connectivity index (χ1) is 8.26. The third-order valence-corrected chi connectivity index (χ3v) is 5.37. The Morgan fingerprint density at radius 3 is 2.65 bits per heavy atom. The molecule has 17 heavy (non-hydrogen) atoms. The Morgan fingerprint density at radius 2 is 2.12 bits per heavy atom. The van der Waals surface area contributed by atoms with Gasteiger partial charge in [0.1, 0.15) is 0 Å². The summed E-state index contributed by atoms with van der Waals surface area (Å²) in [5.74, 6) is 8.68. The SMILES string of the molecule is CC1CCC(C(CC2CC3CCC2C3)NN)O1. The molecule has 1 aliphatic heterocycles. The van der Waals surface area contributed by atoms with E-state index in [1.807, 2.05) is 0 Å². The van der Waals surface area contributed by atoms with Crippen molar-refractivity contribution in [1.82, 2.24) is 5.43 Å². The van der Waals surface area contributed by atoms with Gasteiger partial charge < -0.3 is 4.74 Å². The Kier molecular flexibility index (Phi) is 3.42. The predicted molar refractivity (Wildman–Crippen MR) is 68.2 cm³/mol. The van der Waals surface area contributed by atoms with Crippen LogP contribution >= 0.6 is 0 Å². The van der Waals surface area contributed by atoms with Gasteiger partial charge in [0.2, 0.25) is 0 Å². The monoisotopic (exact) mass is 238 g/mol. The topological polar surface area (TPSA) is 47.3 Å². The van der Waals surface area contributed by atoms with Gasteiger partial charge in [-0.1, -0.05) is 6.42 Å². The molecule has 0 aromatic rings. The second kappa shape index (κ2) is 4.87. The van der Waals surface area contributed by atoms with Crippen molar-refractivity contribution in [2.24, 2.45) is 23.6 Å². The maximum Gasteiger partial charge on any atom is 0.0746 e. The van der Waals surface area contributed by atoms with Gasteiger partial charge in [-0.3, -0.25) is 11.3 Å². The molecule has 1 saturated heterocycles. The number of nitrogens with one attached hydrogen (secondary N) is 1. The maximum atomic E-state index is 5.96. The largest absolute Gasteiger partial charge is 0.374 e. The zero-order valence-electron chi connectivity index (χ0n) is 10.9. The lowest BCUT2D eigenvalue weighted by Gasteiger charge is -2.29. The van der Waals surface area contributed by atoms with E-state index < -0.39 is 0 Å². The molecule has 3 aliphatic rings. The van der Waals surface area contributed by atoms with E-state index in [9.17, 15) is 0 Å². The Labute approximate surface area is 104 Å². The van der Waals surface area contributed by atoms with Crippen LogP contribution < -0.4 is 11.3 Å². The van der Waals surface area contributed by atoms with Gasteiger partial charge in [-0.15, -0.1) is 0 Å². The molecular formula is C14H26N2O. The number of rotatable bonds is 4. The molecular weight excluding hydrogens is 212 g/mol. The fourth-order valence-corrected chi connectivity index (χ4v) is 4.45. The van der Waals surface area contributed by atoms with E-state index in [0.717, 1.165) is 17.8 Å². The number of ether oxygens (including phenoxy) is 1. The predicted octanol–water partition coefficient (Wildman–Crippen LogP) is 2.21. The van der Waals surface area contributed by atoms with Crippen LogP contribution in [-0.4, -0.2) is 18.2 Å². The Morgan fingerprint density at radius 1 is 1.24 bits per heavy atom. The van der Waals surface area contributed by atoms with Crippen molar-refractivity contribution in [1.29, 1.82) is 0 Å². The third-order valence-electron chi connectivity index (χ3n) is 5.37. The first kappa shape index (κ1) is 11.9. The molecule has 0 aromatic heterocycles. The van der Waals surface area contributed by atoms with Gasteiger partial charge in [0.15, 0.2) is 0 Å². The normalized spacial score (nSPS) is 46.6. The quantitative estimate of drug-likeness (QED) is 0.583. The summed E-state index contributed by atoms with van der Waals surface area (Å²) in [7, 11) is 0. The molecule has 0 amide bonds. The highest BCUT2D eigenvalue weighted by molar-refractivity contribution is 4.93. The van der Waals surface area contributed by atoms with Crippen molar-refractivity contribution in [2.75, 3.05) is 0 Å². The molecule has 0 aromatic carbocycles. The molecule has 0 spiro atoms. The number of hydrogen-bond donors (Lipinski definition) is 2. The van der Waals surface area contributed by atoms with Gasteiger partial charge in [0.05, 0.1) is 12.2 Å². The molecule has 2 bridgehead atoms. The van der Waals surface area contributed by atoms with Crippen LogP contribution in [0, 0.1) is 17.8 Å². The van der Waals surface area contributed by atoms with Crippen molar-refractivity contribution in [3.05, 3.63) is 0 Å². The minimum atomic E-state index is 0.356. The van der Waals surface area contributed by atoms with E-state index in [4.69, 9.17) is 10.6 Å². The molecule has 2 saturated carbocycles. The summed E-state index contributed by atoms with van der Waals surface area (Å²) in [5, 5.41) is 0. The third kappa shape index (κ3) is 2.38. The summed E-state index contributed by atoms with van der Waals surface area (Å²) in [6.07, 6.45) is 10.3. The molecule has 3 rings (SSSR count). The summed E-state index contributed by atoms with van der Waals surface area (Å²) in [5.41, 5.74) is 3.03.